The van der Waals surface area contributed by atoms with Crippen LogP contribution in [0.5, 0.6) is 0 Å². The Labute approximate surface area is 106 Å². The Morgan fingerprint density at radius 3 is 2.47 bits per heavy atom. The first kappa shape index (κ1) is 13.4. The molecule has 2 aliphatic carbocycles. The van der Waals surface area contributed by atoms with Gasteiger partial charge in [-0.1, -0.05) is 26.7 Å². The standard InChI is InChI=1S/C15H29NO/c1-11(2)8-15(10-17)16-14-5-3-4-13(9-14)12-6-7-12/h11-17H,3-10H2,1-2H3. The van der Waals surface area contributed by atoms with Crippen molar-refractivity contribution in [3.8, 4) is 0 Å². The van der Waals surface area contributed by atoms with Crippen LogP contribution in [0.25, 0.3) is 0 Å². The van der Waals surface area contributed by atoms with Crippen molar-refractivity contribution < 1.29 is 5.11 Å². The summed E-state index contributed by atoms with van der Waals surface area (Å²) >= 11 is 0. The normalized spacial score (nSPS) is 31.8. The van der Waals surface area contributed by atoms with Crippen molar-refractivity contribution in [3.63, 3.8) is 0 Å². The molecule has 0 radical (unpaired) electrons. The zero-order chi connectivity index (χ0) is 12.3. The average Bonchev–Trinajstić information content (AvgIpc) is 3.11. The first-order valence-electron chi connectivity index (χ1n) is 7.56. The van der Waals surface area contributed by atoms with Crippen molar-refractivity contribution in [1.29, 1.82) is 0 Å². The molecule has 2 saturated carbocycles. The summed E-state index contributed by atoms with van der Waals surface area (Å²) in [7, 11) is 0. The Balaban J connectivity index is 1.75. The molecule has 0 aromatic carbocycles. The third-order valence-corrected chi connectivity index (χ3v) is 4.45. The van der Waals surface area contributed by atoms with Gasteiger partial charge < -0.3 is 10.4 Å². The van der Waals surface area contributed by atoms with Crippen molar-refractivity contribution in [1.82, 2.24) is 5.32 Å². The summed E-state index contributed by atoms with van der Waals surface area (Å²) in [4.78, 5) is 0. The van der Waals surface area contributed by atoms with E-state index in [2.05, 4.69) is 19.2 Å². The summed E-state index contributed by atoms with van der Waals surface area (Å²) in [6.45, 7) is 4.76. The summed E-state index contributed by atoms with van der Waals surface area (Å²) in [6.07, 6.45) is 9.58. The van der Waals surface area contributed by atoms with Gasteiger partial charge in [-0.05, 0) is 49.9 Å². The summed E-state index contributed by atoms with van der Waals surface area (Å²) in [5.74, 6) is 2.71. The van der Waals surface area contributed by atoms with Crippen molar-refractivity contribution in [2.24, 2.45) is 17.8 Å². The van der Waals surface area contributed by atoms with Crippen molar-refractivity contribution in [3.05, 3.63) is 0 Å². The molecule has 0 bridgehead atoms. The molecule has 2 nitrogen and oxygen atoms in total. The van der Waals surface area contributed by atoms with E-state index in [0.29, 0.717) is 24.6 Å². The second-order valence-corrected chi connectivity index (χ2v) is 6.64. The molecule has 2 aliphatic rings. The highest BCUT2D eigenvalue weighted by molar-refractivity contribution is 4.89. The number of aliphatic hydroxyl groups excluding tert-OH is 1. The van der Waals surface area contributed by atoms with Crippen LogP contribution in [-0.4, -0.2) is 23.8 Å². The molecule has 0 heterocycles. The highest BCUT2D eigenvalue weighted by Crippen LogP contribution is 2.43. The SMILES string of the molecule is CC(C)CC(CO)NC1CCCC(C2CC2)C1. The van der Waals surface area contributed by atoms with Gasteiger partial charge in [0, 0.05) is 12.1 Å². The van der Waals surface area contributed by atoms with E-state index in [1.54, 1.807) is 0 Å². The van der Waals surface area contributed by atoms with Gasteiger partial charge in [0.1, 0.15) is 0 Å². The molecule has 2 N–H and O–H groups in total. The quantitative estimate of drug-likeness (QED) is 0.747. The minimum atomic E-state index is 0.294. The van der Waals surface area contributed by atoms with Gasteiger partial charge in [-0.3, -0.25) is 0 Å². The second kappa shape index (κ2) is 6.19. The van der Waals surface area contributed by atoms with Crippen LogP contribution in [-0.2, 0) is 0 Å². The zero-order valence-corrected chi connectivity index (χ0v) is 11.5. The first-order chi connectivity index (χ1) is 8.19. The van der Waals surface area contributed by atoms with E-state index >= 15 is 0 Å². The predicted octanol–water partition coefficient (Wildman–Crippen LogP) is 2.95. The van der Waals surface area contributed by atoms with Gasteiger partial charge in [0.25, 0.3) is 0 Å². The minimum Gasteiger partial charge on any atom is -0.395 e. The van der Waals surface area contributed by atoms with Crippen LogP contribution in [0.15, 0.2) is 0 Å². The molecule has 2 heteroatoms. The first-order valence-corrected chi connectivity index (χ1v) is 7.56. The van der Waals surface area contributed by atoms with E-state index in [1.807, 2.05) is 0 Å². The highest BCUT2D eigenvalue weighted by atomic mass is 16.3. The van der Waals surface area contributed by atoms with E-state index in [4.69, 9.17) is 0 Å². The molecule has 0 amide bonds. The van der Waals surface area contributed by atoms with Gasteiger partial charge in [-0.15, -0.1) is 0 Å². The van der Waals surface area contributed by atoms with Gasteiger partial charge in [0.15, 0.2) is 0 Å². The van der Waals surface area contributed by atoms with Gasteiger partial charge >= 0.3 is 0 Å². The van der Waals surface area contributed by atoms with Crippen LogP contribution < -0.4 is 5.32 Å². The fourth-order valence-corrected chi connectivity index (χ4v) is 3.47. The molecular weight excluding hydrogens is 210 g/mol. The van der Waals surface area contributed by atoms with Gasteiger partial charge in [0.05, 0.1) is 6.61 Å². The van der Waals surface area contributed by atoms with Crippen LogP contribution in [0.4, 0.5) is 0 Å². The Kier molecular flexibility index (Phi) is 4.87. The smallest absolute Gasteiger partial charge is 0.0584 e. The van der Waals surface area contributed by atoms with Crippen LogP contribution >= 0.6 is 0 Å². The Hall–Kier alpha value is -0.0800. The lowest BCUT2D eigenvalue weighted by molar-refractivity contribution is 0.183. The average molecular weight is 239 g/mol. The number of hydrogen-bond acceptors (Lipinski definition) is 2. The maximum absolute atomic E-state index is 9.43. The van der Waals surface area contributed by atoms with Gasteiger partial charge in [0.2, 0.25) is 0 Å². The van der Waals surface area contributed by atoms with E-state index in [9.17, 15) is 5.11 Å². The lowest BCUT2D eigenvalue weighted by atomic mass is 9.82. The Morgan fingerprint density at radius 1 is 1.12 bits per heavy atom. The van der Waals surface area contributed by atoms with Crippen LogP contribution in [0.1, 0.15) is 58.8 Å². The number of rotatable bonds is 6. The zero-order valence-electron chi connectivity index (χ0n) is 11.5. The summed E-state index contributed by atoms with van der Waals surface area (Å²) < 4.78 is 0. The fourth-order valence-electron chi connectivity index (χ4n) is 3.47. The van der Waals surface area contributed by atoms with Gasteiger partial charge in [-0.25, -0.2) is 0 Å². The van der Waals surface area contributed by atoms with Crippen LogP contribution in [0.3, 0.4) is 0 Å². The topological polar surface area (TPSA) is 32.3 Å². The molecule has 0 saturated heterocycles. The van der Waals surface area contributed by atoms with Crippen molar-refractivity contribution in [2.45, 2.75) is 70.9 Å². The Morgan fingerprint density at radius 2 is 1.88 bits per heavy atom. The molecule has 0 spiro atoms. The summed E-state index contributed by atoms with van der Waals surface area (Å²) in [5.41, 5.74) is 0. The van der Waals surface area contributed by atoms with E-state index in [1.165, 1.54) is 38.5 Å². The third-order valence-electron chi connectivity index (χ3n) is 4.45. The van der Waals surface area contributed by atoms with Crippen LogP contribution in [0.2, 0.25) is 0 Å². The molecule has 0 aliphatic heterocycles. The molecule has 17 heavy (non-hydrogen) atoms. The lowest BCUT2D eigenvalue weighted by Crippen LogP contribution is -2.43. The maximum atomic E-state index is 9.43. The molecular formula is C15H29NO. The molecule has 2 rings (SSSR count). The molecule has 0 aromatic rings. The molecule has 3 unspecified atom stereocenters. The van der Waals surface area contributed by atoms with E-state index in [0.717, 1.165) is 18.3 Å². The van der Waals surface area contributed by atoms with E-state index in [-0.39, 0.29) is 0 Å². The number of hydrogen-bond donors (Lipinski definition) is 2. The third kappa shape index (κ3) is 4.26. The molecule has 0 aromatic heterocycles. The molecule has 100 valence electrons. The second-order valence-electron chi connectivity index (χ2n) is 6.64. The lowest BCUT2D eigenvalue weighted by Gasteiger charge is -2.33. The fraction of sp³-hybridized carbons (Fsp3) is 1.00. The largest absolute Gasteiger partial charge is 0.395 e. The molecule has 2 fully saturated rings. The monoisotopic (exact) mass is 239 g/mol. The highest BCUT2D eigenvalue weighted by Gasteiger charge is 2.35. The predicted molar refractivity (Wildman–Crippen MR) is 71.9 cm³/mol. The van der Waals surface area contributed by atoms with Crippen molar-refractivity contribution >= 4 is 0 Å². The summed E-state index contributed by atoms with van der Waals surface area (Å²) in [6, 6.07) is 0.989. The molecule has 3 atom stereocenters. The van der Waals surface area contributed by atoms with Crippen molar-refractivity contribution in [2.75, 3.05) is 6.61 Å². The summed E-state index contributed by atoms with van der Waals surface area (Å²) in [5, 5.41) is 13.1. The Bertz CT molecular complexity index is 225. The van der Waals surface area contributed by atoms with E-state index < -0.39 is 0 Å². The minimum absolute atomic E-state index is 0.294. The number of aliphatic hydroxyl groups is 1. The maximum Gasteiger partial charge on any atom is 0.0584 e. The number of nitrogens with one attached hydrogen (secondary N) is 1. The van der Waals surface area contributed by atoms with Crippen LogP contribution in [0, 0.1) is 17.8 Å². The van der Waals surface area contributed by atoms with Gasteiger partial charge in [-0.2, -0.15) is 0 Å².